The minimum Gasteiger partial charge on any atom is -0.303 e. The van der Waals surface area contributed by atoms with Crippen molar-refractivity contribution in [2.24, 2.45) is 0 Å². The van der Waals surface area contributed by atoms with Crippen molar-refractivity contribution in [3.63, 3.8) is 0 Å². The van der Waals surface area contributed by atoms with E-state index in [9.17, 15) is 4.79 Å². The van der Waals surface area contributed by atoms with E-state index in [0.717, 1.165) is 11.8 Å². The molecule has 0 unspecified atom stereocenters. The van der Waals surface area contributed by atoms with E-state index in [0.29, 0.717) is 6.42 Å². The maximum absolute atomic E-state index is 10.2. The summed E-state index contributed by atoms with van der Waals surface area (Å²) < 4.78 is 0. The Bertz CT molecular complexity index is 264. The number of carbonyl (C=O) groups excluding carboxylic acids is 1. The van der Waals surface area contributed by atoms with E-state index in [1.165, 1.54) is 11.1 Å². The van der Waals surface area contributed by atoms with Crippen LogP contribution in [0.5, 0.6) is 0 Å². The van der Waals surface area contributed by atoms with Crippen LogP contribution in [0.2, 0.25) is 0 Å². The van der Waals surface area contributed by atoms with Crippen molar-refractivity contribution >= 4 is 6.29 Å². The second kappa shape index (κ2) is 3.33. The second-order valence-corrected chi connectivity index (χ2v) is 2.80. The molecule has 0 aliphatic heterocycles. The largest absolute Gasteiger partial charge is 0.303 e. The summed E-state index contributed by atoms with van der Waals surface area (Å²) in [5.41, 5.74) is 3.58. The van der Waals surface area contributed by atoms with Crippen molar-refractivity contribution in [1.82, 2.24) is 0 Å². The predicted molar refractivity (Wildman–Crippen MR) is 45.7 cm³/mol. The molecule has 0 aliphatic carbocycles. The molecule has 0 saturated heterocycles. The second-order valence-electron chi connectivity index (χ2n) is 2.80. The normalized spacial score (nSPS) is 9.64. The van der Waals surface area contributed by atoms with E-state index in [1.807, 2.05) is 19.1 Å². The van der Waals surface area contributed by atoms with Crippen molar-refractivity contribution in [2.75, 3.05) is 0 Å². The average Bonchev–Trinajstić information content (AvgIpc) is 1.95. The fraction of sp³-hybridized carbons (Fsp3) is 0.300. The molecule has 1 aromatic carbocycles. The van der Waals surface area contributed by atoms with Gasteiger partial charge in [0.1, 0.15) is 6.29 Å². The molecule has 0 radical (unpaired) electrons. The Balaban J connectivity index is 2.98. The van der Waals surface area contributed by atoms with Gasteiger partial charge in [0.2, 0.25) is 0 Å². The third-order valence-electron chi connectivity index (χ3n) is 1.80. The zero-order valence-electron chi connectivity index (χ0n) is 6.92. The lowest BCUT2D eigenvalue weighted by Crippen LogP contribution is -1.90. The van der Waals surface area contributed by atoms with Gasteiger partial charge in [0.15, 0.2) is 0 Å². The van der Waals surface area contributed by atoms with E-state index in [4.69, 9.17) is 0 Å². The lowest BCUT2D eigenvalue weighted by molar-refractivity contribution is -0.107. The summed E-state index contributed by atoms with van der Waals surface area (Å²) in [4.78, 5) is 10.2. The van der Waals surface area contributed by atoms with Crippen molar-refractivity contribution < 1.29 is 4.79 Å². The monoisotopic (exact) mass is 148 g/mol. The number of hydrogen-bond acceptors (Lipinski definition) is 1. The molecule has 1 nitrogen and oxygen atoms in total. The standard InChI is InChI=1S/C10H12O/c1-8-3-4-10(5-6-11)9(2)7-8/h3-4,6-7H,5H2,1-2H3. The summed E-state index contributed by atoms with van der Waals surface area (Å²) >= 11 is 0. The Labute approximate surface area is 67.1 Å². The molecule has 0 aliphatic rings. The van der Waals surface area contributed by atoms with Crippen molar-refractivity contribution in [3.05, 3.63) is 34.9 Å². The van der Waals surface area contributed by atoms with Crippen LogP contribution < -0.4 is 0 Å². The van der Waals surface area contributed by atoms with Gasteiger partial charge in [0.25, 0.3) is 0 Å². The molecule has 0 amide bonds. The van der Waals surface area contributed by atoms with Gasteiger partial charge in [0.05, 0.1) is 0 Å². The summed E-state index contributed by atoms with van der Waals surface area (Å²) in [7, 11) is 0. The van der Waals surface area contributed by atoms with Crippen LogP contribution in [0.15, 0.2) is 18.2 Å². The summed E-state index contributed by atoms with van der Waals surface area (Å²) in [5, 5.41) is 0. The number of aldehydes is 1. The van der Waals surface area contributed by atoms with Gasteiger partial charge in [-0.2, -0.15) is 0 Å². The Hall–Kier alpha value is -1.11. The quantitative estimate of drug-likeness (QED) is 0.586. The molecule has 1 rings (SSSR count). The number of rotatable bonds is 2. The fourth-order valence-corrected chi connectivity index (χ4v) is 1.16. The third kappa shape index (κ3) is 1.90. The van der Waals surface area contributed by atoms with Crippen LogP contribution in [0.25, 0.3) is 0 Å². The fourth-order valence-electron chi connectivity index (χ4n) is 1.16. The SMILES string of the molecule is Cc1ccc(CC=O)c(C)c1. The van der Waals surface area contributed by atoms with Crippen LogP contribution >= 0.6 is 0 Å². The highest BCUT2D eigenvalue weighted by Gasteiger charge is 1.95. The third-order valence-corrected chi connectivity index (χ3v) is 1.80. The summed E-state index contributed by atoms with van der Waals surface area (Å²) in [6.45, 7) is 4.09. The van der Waals surface area contributed by atoms with E-state index in [2.05, 4.69) is 13.0 Å². The van der Waals surface area contributed by atoms with Gasteiger partial charge < -0.3 is 4.79 Å². The maximum Gasteiger partial charge on any atom is 0.124 e. The van der Waals surface area contributed by atoms with Crippen molar-refractivity contribution in [2.45, 2.75) is 20.3 Å². The average molecular weight is 148 g/mol. The van der Waals surface area contributed by atoms with E-state index >= 15 is 0 Å². The number of benzene rings is 1. The zero-order valence-corrected chi connectivity index (χ0v) is 6.92. The molecule has 0 heterocycles. The predicted octanol–water partition coefficient (Wildman–Crippen LogP) is 2.04. The van der Waals surface area contributed by atoms with Crippen LogP contribution in [0.3, 0.4) is 0 Å². The van der Waals surface area contributed by atoms with Gasteiger partial charge in [-0.25, -0.2) is 0 Å². The van der Waals surface area contributed by atoms with E-state index in [-0.39, 0.29) is 0 Å². The molecular formula is C10H12O. The Morgan fingerprint density at radius 2 is 2.09 bits per heavy atom. The van der Waals surface area contributed by atoms with E-state index < -0.39 is 0 Å². The van der Waals surface area contributed by atoms with Crippen LogP contribution in [0.1, 0.15) is 16.7 Å². The number of carbonyl (C=O) groups is 1. The van der Waals surface area contributed by atoms with Gasteiger partial charge >= 0.3 is 0 Å². The Kier molecular flexibility index (Phi) is 2.42. The van der Waals surface area contributed by atoms with Crippen LogP contribution in [-0.4, -0.2) is 6.29 Å². The topological polar surface area (TPSA) is 17.1 Å². The van der Waals surface area contributed by atoms with Gasteiger partial charge in [-0.05, 0) is 25.0 Å². The molecule has 0 saturated carbocycles. The Morgan fingerprint density at radius 1 is 1.36 bits per heavy atom. The first-order chi connectivity index (χ1) is 5.24. The summed E-state index contributed by atoms with van der Waals surface area (Å²) in [6.07, 6.45) is 1.48. The van der Waals surface area contributed by atoms with Gasteiger partial charge in [0, 0.05) is 6.42 Å². The van der Waals surface area contributed by atoms with Crippen molar-refractivity contribution in [1.29, 1.82) is 0 Å². The molecule has 0 bridgehead atoms. The molecule has 0 atom stereocenters. The molecule has 58 valence electrons. The molecule has 1 aromatic rings. The van der Waals surface area contributed by atoms with Gasteiger partial charge in [-0.3, -0.25) is 0 Å². The first-order valence-electron chi connectivity index (χ1n) is 3.74. The molecule has 11 heavy (non-hydrogen) atoms. The molecule has 1 heteroatoms. The number of hydrogen-bond donors (Lipinski definition) is 0. The maximum atomic E-state index is 10.2. The van der Waals surface area contributed by atoms with Crippen molar-refractivity contribution in [3.8, 4) is 0 Å². The summed E-state index contributed by atoms with van der Waals surface area (Å²) in [6, 6.07) is 6.14. The smallest absolute Gasteiger partial charge is 0.124 e. The molecular weight excluding hydrogens is 136 g/mol. The first-order valence-corrected chi connectivity index (χ1v) is 3.74. The van der Waals surface area contributed by atoms with Gasteiger partial charge in [-0.1, -0.05) is 23.8 Å². The summed E-state index contributed by atoms with van der Waals surface area (Å²) in [5.74, 6) is 0. The van der Waals surface area contributed by atoms with Crippen LogP contribution in [0, 0.1) is 13.8 Å². The van der Waals surface area contributed by atoms with Crippen LogP contribution in [-0.2, 0) is 11.2 Å². The molecule has 0 fully saturated rings. The first kappa shape index (κ1) is 7.99. The molecule has 0 spiro atoms. The lowest BCUT2D eigenvalue weighted by Gasteiger charge is -2.01. The molecule has 0 aromatic heterocycles. The number of aryl methyl sites for hydroxylation is 2. The highest BCUT2D eigenvalue weighted by atomic mass is 16.1. The van der Waals surface area contributed by atoms with Gasteiger partial charge in [-0.15, -0.1) is 0 Å². The minimum absolute atomic E-state index is 0.534. The lowest BCUT2D eigenvalue weighted by atomic mass is 10.0. The highest BCUT2D eigenvalue weighted by Crippen LogP contribution is 2.09. The minimum atomic E-state index is 0.534. The Morgan fingerprint density at radius 3 is 2.64 bits per heavy atom. The molecule has 0 N–H and O–H groups in total. The zero-order chi connectivity index (χ0) is 8.27. The highest BCUT2D eigenvalue weighted by molar-refractivity contribution is 5.56. The van der Waals surface area contributed by atoms with E-state index in [1.54, 1.807) is 0 Å². The van der Waals surface area contributed by atoms with Crippen LogP contribution in [0.4, 0.5) is 0 Å².